The maximum Gasteiger partial charge on any atom is -0.0175 e. The van der Waals surface area contributed by atoms with Gasteiger partial charge in [-0.3, -0.25) is 0 Å². The summed E-state index contributed by atoms with van der Waals surface area (Å²) in [7, 11) is 0. The summed E-state index contributed by atoms with van der Waals surface area (Å²) in [5.74, 6) is 0. The Kier molecular flexibility index (Phi) is 4.71. The molecular formula is C17H20. The van der Waals surface area contributed by atoms with Crippen LogP contribution < -0.4 is 0 Å². The van der Waals surface area contributed by atoms with Crippen LogP contribution in [0.15, 0.2) is 43.5 Å². The van der Waals surface area contributed by atoms with Crippen LogP contribution in [0.5, 0.6) is 0 Å². The SMILES string of the molecule is C=Cc1cc2ccc(C)cc2cc1C=C.CC. The van der Waals surface area contributed by atoms with Gasteiger partial charge in [0.25, 0.3) is 0 Å². The summed E-state index contributed by atoms with van der Waals surface area (Å²) < 4.78 is 0. The highest BCUT2D eigenvalue weighted by Crippen LogP contribution is 2.22. The second-order valence-corrected chi connectivity index (χ2v) is 3.74. The topological polar surface area (TPSA) is 0 Å². The van der Waals surface area contributed by atoms with Gasteiger partial charge in [-0.05, 0) is 41.0 Å². The number of aryl methyl sites for hydroxylation is 1. The van der Waals surface area contributed by atoms with Crippen molar-refractivity contribution in [3.63, 3.8) is 0 Å². The molecule has 0 bridgehead atoms. The molecule has 2 aromatic rings. The average Bonchev–Trinajstić information content (AvgIpc) is 2.39. The summed E-state index contributed by atoms with van der Waals surface area (Å²) >= 11 is 0. The van der Waals surface area contributed by atoms with Crippen LogP contribution in [0.25, 0.3) is 22.9 Å². The van der Waals surface area contributed by atoms with E-state index in [1.54, 1.807) is 0 Å². The van der Waals surface area contributed by atoms with Gasteiger partial charge in [-0.15, -0.1) is 0 Å². The van der Waals surface area contributed by atoms with Gasteiger partial charge in [0.05, 0.1) is 0 Å². The highest BCUT2D eigenvalue weighted by Gasteiger charge is 1.99. The third-order valence-electron chi connectivity index (χ3n) is 2.64. The number of benzene rings is 2. The Hall–Kier alpha value is -1.82. The normalized spacial score (nSPS) is 9.35. The van der Waals surface area contributed by atoms with Crippen molar-refractivity contribution in [1.29, 1.82) is 0 Å². The minimum absolute atomic E-state index is 1.14. The molecule has 17 heavy (non-hydrogen) atoms. The lowest BCUT2D eigenvalue weighted by atomic mass is 9.99. The molecule has 0 unspecified atom stereocenters. The second kappa shape index (κ2) is 6.05. The Labute approximate surface area is 104 Å². The number of fused-ring (bicyclic) bond motifs is 1. The lowest BCUT2D eigenvalue weighted by Crippen LogP contribution is -1.83. The molecule has 0 aromatic heterocycles. The summed E-state index contributed by atoms with van der Waals surface area (Å²) in [5, 5.41) is 2.51. The molecule has 0 saturated carbocycles. The molecule has 0 fully saturated rings. The quantitative estimate of drug-likeness (QED) is 0.635. The molecule has 88 valence electrons. The lowest BCUT2D eigenvalue weighted by molar-refractivity contribution is 1.50. The molecule has 0 spiro atoms. The zero-order valence-electron chi connectivity index (χ0n) is 11.0. The fraction of sp³-hybridized carbons (Fsp3) is 0.176. The molecule has 0 nitrogen and oxygen atoms in total. The zero-order chi connectivity index (χ0) is 12.8. The average molecular weight is 224 g/mol. The van der Waals surface area contributed by atoms with Gasteiger partial charge < -0.3 is 0 Å². The smallest absolute Gasteiger partial charge is 0.0175 e. The Morgan fingerprint density at radius 3 is 1.88 bits per heavy atom. The molecule has 0 amide bonds. The molecular weight excluding hydrogens is 204 g/mol. The minimum Gasteiger partial charge on any atom is -0.0984 e. The predicted molar refractivity (Wildman–Crippen MR) is 80.2 cm³/mol. The van der Waals surface area contributed by atoms with E-state index in [-0.39, 0.29) is 0 Å². The van der Waals surface area contributed by atoms with Crippen LogP contribution in [-0.2, 0) is 0 Å². The monoisotopic (exact) mass is 224 g/mol. The summed E-state index contributed by atoms with van der Waals surface area (Å²) in [6, 6.07) is 10.8. The van der Waals surface area contributed by atoms with E-state index in [0.717, 1.165) is 11.1 Å². The van der Waals surface area contributed by atoms with Crippen LogP contribution >= 0.6 is 0 Å². The van der Waals surface area contributed by atoms with Crippen LogP contribution in [0.3, 0.4) is 0 Å². The van der Waals surface area contributed by atoms with Gasteiger partial charge in [-0.1, -0.05) is 62.9 Å². The van der Waals surface area contributed by atoms with Crippen molar-refractivity contribution in [2.45, 2.75) is 20.8 Å². The first kappa shape index (κ1) is 13.2. The minimum atomic E-state index is 1.14. The van der Waals surface area contributed by atoms with Gasteiger partial charge in [0.2, 0.25) is 0 Å². The van der Waals surface area contributed by atoms with Gasteiger partial charge in [-0.2, -0.15) is 0 Å². The zero-order valence-corrected chi connectivity index (χ0v) is 11.0. The summed E-state index contributed by atoms with van der Waals surface area (Å²) in [4.78, 5) is 0. The third kappa shape index (κ3) is 2.85. The van der Waals surface area contributed by atoms with Crippen molar-refractivity contribution >= 4 is 22.9 Å². The Morgan fingerprint density at radius 1 is 0.824 bits per heavy atom. The number of hydrogen-bond acceptors (Lipinski definition) is 0. The van der Waals surface area contributed by atoms with Crippen LogP contribution in [0.4, 0.5) is 0 Å². The van der Waals surface area contributed by atoms with E-state index in [1.807, 2.05) is 26.0 Å². The molecule has 0 heteroatoms. The summed E-state index contributed by atoms with van der Waals surface area (Å²) in [6.45, 7) is 13.7. The molecule has 0 atom stereocenters. The van der Waals surface area contributed by atoms with Gasteiger partial charge in [0, 0.05) is 0 Å². The van der Waals surface area contributed by atoms with Crippen LogP contribution in [-0.4, -0.2) is 0 Å². The lowest BCUT2D eigenvalue weighted by Gasteiger charge is -2.05. The van der Waals surface area contributed by atoms with Crippen molar-refractivity contribution < 1.29 is 0 Å². The first-order chi connectivity index (χ1) is 8.24. The Balaban J connectivity index is 0.000000686. The first-order valence-corrected chi connectivity index (χ1v) is 6.04. The molecule has 0 radical (unpaired) electrons. The van der Waals surface area contributed by atoms with E-state index in [2.05, 4.69) is 50.4 Å². The Bertz CT molecular complexity index is 533. The largest absolute Gasteiger partial charge is 0.0984 e. The van der Waals surface area contributed by atoms with Crippen molar-refractivity contribution in [3.05, 3.63) is 60.2 Å². The van der Waals surface area contributed by atoms with Gasteiger partial charge >= 0.3 is 0 Å². The standard InChI is InChI=1S/C15H14.C2H6/c1-4-12-9-14-7-6-11(3)8-15(14)10-13(12)5-2;1-2/h4-10H,1-2H2,3H3;1-2H3. The van der Waals surface area contributed by atoms with E-state index >= 15 is 0 Å². The molecule has 0 aliphatic heterocycles. The molecule has 0 saturated heterocycles. The van der Waals surface area contributed by atoms with Gasteiger partial charge in [0.1, 0.15) is 0 Å². The van der Waals surface area contributed by atoms with Gasteiger partial charge in [0.15, 0.2) is 0 Å². The van der Waals surface area contributed by atoms with Crippen LogP contribution in [0, 0.1) is 6.92 Å². The maximum absolute atomic E-state index is 3.82. The maximum atomic E-state index is 3.82. The van der Waals surface area contributed by atoms with E-state index in [1.165, 1.54) is 16.3 Å². The number of hydrogen-bond donors (Lipinski definition) is 0. The first-order valence-electron chi connectivity index (χ1n) is 6.04. The van der Waals surface area contributed by atoms with E-state index in [0.29, 0.717) is 0 Å². The van der Waals surface area contributed by atoms with E-state index in [4.69, 9.17) is 0 Å². The second-order valence-electron chi connectivity index (χ2n) is 3.74. The number of rotatable bonds is 2. The fourth-order valence-corrected chi connectivity index (χ4v) is 1.81. The highest BCUT2D eigenvalue weighted by molar-refractivity contribution is 5.88. The van der Waals surface area contributed by atoms with Crippen molar-refractivity contribution in [1.82, 2.24) is 0 Å². The third-order valence-corrected chi connectivity index (χ3v) is 2.64. The molecule has 0 aliphatic carbocycles. The fourth-order valence-electron chi connectivity index (χ4n) is 1.81. The summed E-state index contributed by atoms with van der Waals surface area (Å²) in [5.41, 5.74) is 3.56. The van der Waals surface area contributed by atoms with E-state index < -0.39 is 0 Å². The van der Waals surface area contributed by atoms with Crippen molar-refractivity contribution in [3.8, 4) is 0 Å². The van der Waals surface area contributed by atoms with Crippen LogP contribution in [0.2, 0.25) is 0 Å². The van der Waals surface area contributed by atoms with Crippen molar-refractivity contribution in [2.75, 3.05) is 0 Å². The highest BCUT2D eigenvalue weighted by atomic mass is 14.0. The molecule has 2 aromatic carbocycles. The Morgan fingerprint density at radius 2 is 1.35 bits per heavy atom. The molecule has 0 heterocycles. The van der Waals surface area contributed by atoms with E-state index in [9.17, 15) is 0 Å². The van der Waals surface area contributed by atoms with Crippen molar-refractivity contribution in [2.24, 2.45) is 0 Å². The molecule has 0 aliphatic rings. The summed E-state index contributed by atoms with van der Waals surface area (Å²) in [6.07, 6.45) is 3.75. The van der Waals surface area contributed by atoms with Gasteiger partial charge in [-0.25, -0.2) is 0 Å². The predicted octanol–water partition coefficient (Wildman–Crippen LogP) is 5.46. The molecule has 0 N–H and O–H groups in total. The molecule has 2 rings (SSSR count). The van der Waals surface area contributed by atoms with Crippen LogP contribution in [0.1, 0.15) is 30.5 Å².